The number of alkyl halides is 3. The van der Waals surface area contributed by atoms with Gasteiger partial charge in [-0.05, 0) is 55.9 Å². The summed E-state index contributed by atoms with van der Waals surface area (Å²) in [5.74, 6) is -5.51. The number of carboxylic acid groups (broad SMARTS) is 1. The highest BCUT2D eigenvalue weighted by Crippen LogP contribution is 2.30. The molecule has 1 unspecified atom stereocenters. The Morgan fingerprint density at radius 1 is 1.05 bits per heavy atom. The number of sulfonamides is 1. The number of halogens is 3. The van der Waals surface area contributed by atoms with Crippen LogP contribution in [0.1, 0.15) is 67.2 Å². The fourth-order valence-corrected chi connectivity index (χ4v) is 8.08. The lowest BCUT2D eigenvalue weighted by Crippen LogP contribution is -2.60. The molecule has 0 aromatic heterocycles. The molecule has 8 atom stereocenters. The molecule has 1 aliphatic heterocycles. The summed E-state index contributed by atoms with van der Waals surface area (Å²) in [7, 11) is -0.181. The molecule has 1 saturated heterocycles. The average Bonchev–Trinajstić information content (AvgIpc) is 3.63. The molecule has 5 amide bonds. The lowest BCUT2D eigenvalue weighted by Gasteiger charge is -2.41. The van der Waals surface area contributed by atoms with Crippen LogP contribution in [0, 0.1) is 17.8 Å². The summed E-state index contributed by atoms with van der Waals surface area (Å²) >= 11 is 0. The maximum atomic E-state index is 14.1. The number of carbonyl (C=O) groups is 6. The first-order chi connectivity index (χ1) is 26.9. The zero-order valence-corrected chi connectivity index (χ0v) is 35.0. The molecular formula is C37H57F3N6O11S. The van der Waals surface area contributed by atoms with Crippen LogP contribution in [0.5, 0.6) is 0 Å². The summed E-state index contributed by atoms with van der Waals surface area (Å²) in [5.41, 5.74) is -1.83. The quantitative estimate of drug-likeness (QED) is 0.113. The Morgan fingerprint density at radius 3 is 2.14 bits per heavy atom. The number of carbonyl (C=O) groups excluding carboxylic acids is 5. The largest absolute Gasteiger partial charge is 0.471 e. The van der Waals surface area contributed by atoms with E-state index in [2.05, 4.69) is 10.6 Å². The van der Waals surface area contributed by atoms with Gasteiger partial charge in [0.2, 0.25) is 17.7 Å². The topological polar surface area (TPSA) is 230 Å². The number of hydrogen-bond donors (Lipinski definition) is 5. The number of aldehydes is 1. The van der Waals surface area contributed by atoms with Gasteiger partial charge in [0.1, 0.15) is 11.8 Å². The minimum atomic E-state index is -5.16. The Bertz CT molecular complexity index is 1720. The summed E-state index contributed by atoms with van der Waals surface area (Å²) in [6, 6.07) is 1.60. The third-order valence-corrected chi connectivity index (χ3v) is 11.8. The number of hydrogen-bond acceptors (Lipinski definition) is 11. The van der Waals surface area contributed by atoms with E-state index in [1.54, 1.807) is 31.1 Å². The number of anilines is 1. The van der Waals surface area contributed by atoms with Gasteiger partial charge in [-0.1, -0.05) is 41.0 Å². The van der Waals surface area contributed by atoms with Crippen LogP contribution in [0.4, 0.5) is 23.7 Å². The van der Waals surface area contributed by atoms with Crippen molar-refractivity contribution in [1.29, 1.82) is 0 Å². The summed E-state index contributed by atoms with van der Waals surface area (Å²) in [6.45, 7) is 10.4. The third kappa shape index (κ3) is 13.1. The second-order valence-corrected chi connectivity index (χ2v) is 16.8. The lowest BCUT2D eigenvalue weighted by atomic mass is 9.89. The first-order valence-corrected chi connectivity index (χ1v) is 20.2. The number of likely N-dealkylation sites (tertiary alicyclic amines) is 1. The van der Waals surface area contributed by atoms with Crippen LogP contribution in [0.25, 0.3) is 0 Å². The Hall–Kier alpha value is -4.34. The van der Waals surface area contributed by atoms with Gasteiger partial charge in [0.25, 0.3) is 10.0 Å². The first kappa shape index (κ1) is 49.8. The maximum Gasteiger partial charge on any atom is 0.471 e. The van der Waals surface area contributed by atoms with Crippen molar-refractivity contribution in [2.45, 2.75) is 114 Å². The van der Waals surface area contributed by atoms with Crippen LogP contribution in [0.3, 0.4) is 0 Å². The zero-order chi connectivity index (χ0) is 44.3. The van der Waals surface area contributed by atoms with Crippen LogP contribution in [0.15, 0.2) is 29.2 Å². The molecule has 2 rings (SSSR count). The number of benzene rings is 1. The van der Waals surface area contributed by atoms with Gasteiger partial charge in [-0.15, -0.1) is 0 Å². The molecule has 1 aromatic rings. The molecule has 21 heteroatoms. The molecule has 0 bridgehead atoms. The number of likely N-dealkylation sites (N-methyl/N-ethyl adjacent to an activating group) is 1. The third-order valence-electron chi connectivity index (χ3n) is 10.4. The van der Waals surface area contributed by atoms with E-state index >= 15 is 0 Å². The van der Waals surface area contributed by atoms with Gasteiger partial charge >= 0.3 is 18.2 Å². The normalized spacial score (nSPS) is 18.8. The average molecular weight is 851 g/mol. The van der Waals surface area contributed by atoms with Gasteiger partial charge in [0.15, 0.2) is 0 Å². The van der Waals surface area contributed by atoms with E-state index < -0.39 is 80.8 Å². The number of nitrogens with zero attached hydrogens (tertiary/aromatic N) is 2. The molecular weight excluding hydrogens is 793 g/mol. The van der Waals surface area contributed by atoms with Crippen molar-refractivity contribution in [3.8, 4) is 0 Å². The van der Waals surface area contributed by atoms with Gasteiger partial charge in [-0.2, -0.15) is 13.2 Å². The maximum absolute atomic E-state index is 14.1. The van der Waals surface area contributed by atoms with Crippen LogP contribution >= 0.6 is 0 Å². The lowest BCUT2D eigenvalue weighted by molar-refractivity contribution is -0.167. The van der Waals surface area contributed by atoms with Crippen molar-refractivity contribution >= 4 is 51.7 Å². The predicted octanol–water partition coefficient (Wildman–Crippen LogP) is 2.75. The molecule has 1 aromatic carbocycles. The van der Waals surface area contributed by atoms with Crippen LogP contribution in [0.2, 0.25) is 0 Å². The van der Waals surface area contributed by atoms with Gasteiger partial charge in [0, 0.05) is 40.0 Å². The van der Waals surface area contributed by atoms with E-state index in [4.69, 9.17) is 9.47 Å². The fourth-order valence-electron chi connectivity index (χ4n) is 7.02. The van der Waals surface area contributed by atoms with Crippen LogP contribution in [-0.2, 0) is 43.5 Å². The highest BCUT2D eigenvalue weighted by atomic mass is 32.2. The Balaban J connectivity index is 2.26. The van der Waals surface area contributed by atoms with Crippen molar-refractivity contribution in [2.24, 2.45) is 17.8 Å². The van der Waals surface area contributed by atoms with Crippen molar-refractivity contribution in [1.82, 2.24) is 25.2 Å². The Kier molecular flexibility index (Phi) is 18.1. The molecule has 1 heterocycles. The second kappa shape index (κ2) is 21.1. The van der Waals surface area contributed by atoms with E-state index in [-0.39, 0.29) is 42.3 Å². The van der Waals surface area contributed by atoms with Crippen molar-refractivity contribution in [3.05, 3.63) is 24.3 Å². The summed E-state index contributed by atoms with van der Waals surface area (Å²) in [4.78, 5) is 78.3. The fraction of sp³-hybridized carbons (Fsp3) is 0.676. The van der Waals surface area contributed by atoms with Crippen LogP contribution < -0.4 is 20.7 Å². The van der Waals surface area contributed by atoms with Gasteiger partial charge in [-0.25, -0.2) is 17.9 Å². The highest BCUT2D eigenvalue weighted by molar-refractivity contribution is 7.90. The number of nitrogens with one attached hydrogen (secondary N) is 4. The smallest absolute Gasteiger partial charge is 0.465 e. The highest BCUT2D eigenvalue weighted by Gasteiger charge is 2.44. The van der Waals surface area contributed by atoms with Gasteiger partial charge in [-0.3, -0.25) is 19.2 Å². The van der Waals surface area contributed by atoms with Gasteiger partial charge < -0.3 is 45.1 Å². The van der Waals surface area contributed by atoms with Gasteiger partial charge in [0.05, 0.1) is 47.6 Å². The molecule has 0 saturated carbocycles. The number of rotatable bonds is 21. The van der Waals surface area contributed by atoms with E-state index in [9.17, 15) is 55.5 Å². The van der Waals surface area contributed by atoms with E-state index in [0.717, 1.165) is 24.3 Å². The minimum Gasteiger partial charge on any atom is -0.465 e. The molecule has 328 valence electrons. The predicted molar refractivity (Wildman–Crippen MR) is 205 cm³/mol. The van der Waals surface area contributed by atoms with Crippen LogP contribution in [-0.4, -0.2) is 136 Å². The molecule has 0 spiro atoms. The van der Waals surface area contributed by atoms with E-state index in [0.29, 0.717) is 32.1 Å². The molecule has 1 fully saturated rings. The summed E-state index contributed by atoms with van der Waals surface area (Å²) < 4.78 is 77.5. The molecule has 5 N–H and O–H groups in total. The van der Waals surface area contributed by atoms with E-state index in [1.165, 1.54) is 33.0 Å². The molecule has 0 aliphatic carbocycles. The second-order valence-electron chi connectivity index (χ2n) is 15.1. The van der Waals surface area contributed by atoms with E-state index in [1.807, 2.05) is 18.6 Å². The van der Waals surface area contributed by atoms with Crippen molar-refractivity contribution in [2.75, 3.05) is 39.7 Å². The number of amides is 5. The summed E-state index contributed by atoms with van der Waals surface area (Å²) in [6.07, 6.45) is -6.49. The Morgan fingerprint density at radius 2 is 1.66 bits per heavy atom. The zero-order valence-electron chi connectivity index (χ0n) is 34.2. The number of ether oxygens (including phenoxy) is 2. The van der Waals surface area contributed by atoms with Crippen molar-refractivity contribution < 1.29 is 64.9 Å². The number of methoxy groups -OCH3 is 2. The summed E-state index contributed by atoms with van der Waals surface area (Å²) in [5, 5.41) is 16.0. The SMILES string of the molecule is CC[C@H](C)[C@@H]([C@@H](CC(=O)N1CCC[C@H]1[C@H](OC)[C@@H](C)C(=O)NS(=O)(=O)c1ccc(NC(=O)C(F)(F)F)cc1)OC)N(C)C(=O)[C@@H](NCC(C)(C=O)NC(=O)O)C(C)C. The van der Waals surface area contributed by atoms with Crippen molar-refractivity contribution in [3.63, 3.8) is 0 Å². The first-order valence-electron chi connectivity index (χ1n) is 18.7. The standard InChI is InChI=1S/C37H57F3N6O11S/c1-10-22(4)30(45(7)33(50)29(21(2)3)41-19-36(6,20-47)43-35(52)53)27(56-8)18-28(48)46-17-11-12-26(46)31(57-9)23(5)32(49)44-58(54,55)25-15-13-24(14-16-25)42-34(51)37(38,39)40/h13-16,20-23,26-27,29-31,41,43H,10-12,17-19H2,1-9H3,(H,42,51)(H,44,49)(H,52,53)/t22-,23+,26-,27+,29-,30-,31+,36?/m0/s1. The molecule has 1 aliphatic rings. The Labute approximate surface area is 337 Å². The monoisotopic (exact) mass is 850 g/mol. The molecule has 0 radical (unpaired) electrons. The minimum absolute atomic E-state index is 0.171. The molecule has 17 nitrogen and oxygen atoms in total. The molecule has 58 heavy (non-hydrogen) atoms.